The van der Waals surface area contributed by atoms with Crippen LogP contribution in [0.4, 0.5) is 5.69 Å². The highest BCUT2D eigenvalue weighted by molar-refractivity contribution is 5.97. The molecule has 1 N–H and O–H groups in total. The molecule has 8 heteroatoms. The lowest BCUT2D eigenvalue weighted by Gasteiger charge is -2.11. The molecule has 0 atom stereocenters. The molecule has 1 amide bonds. The molecule has 0 bridgehead atoms. The molecule has 0 aliphatic heterocycles. The third-order valence-electron chi connectivity index (χ3n) is 4.10. The van der Waals surface area contributed by atoms with Crippen molar-refractivity contribution >= 4 is 23.5 Å². The van der Waals surface area contributed by atoms with Gasteiger partial charge in [-0.05, 0) is 42.8 Å². The van der Waals surface area contributed by atoms with E-state index in [0.717, 1.165) is 12.8 Å². The minimum atomic E-state index is -0.699. The number of nitrogens with one attached hydrogen (secondary N) is 1. The van der Waals surface area contributed by atoms with Gasteiger partial charge in [0.05, 0.1) is 26.4 Å². The molecule has 30 heavy (non-hydrogen) atoms. The predicted molar refractivity (Wildman–Crippen MR) is 110 cm³/mol. The van der Waals surface area contributed by atoms with Crippen molar-refractivity contribution in [3.05, 3.63) is 53.6 Å². The molecule has 0 aliphatic rings. The average Bonchev–Trinajstić information content (AvgIpc) is 2.77. The lowest BCUT2D eigenvalue weighted by Crippen LogP contribution is -2.21. The lowest BCUT2D eigenvalue weighted by molar-refractivity contribution is -0.119. The van der Waals surface area contributed by atoms with Gasteiger partial charge in [-0.1, -0.05) is 13.3 Å². The molecule has 0 radical (unpaired) electrons. The van der Waals surface area contributed by atoms with Crippen molar-refractivity contribution in [3.63, 3.8) is 0 Å². The first kappa shape index (κ1) is 22.7. The molecule has 0 heterocycles. The van der Waals surface area contributed by atoms with Gasteiger partial charge in [-0.2, -0.15) is 0 Å². The van der Waals surface area contributed by atoms with Crippen LogP contribution in [0.1, 0.15) is 40.5 Å². The molecule has 0 aliphatic carbocycles. The molecule has 160 valence electrons. The summed E-state index contributed by atoms with van der Waals surface area (Å²) >= 11 is 0. The minimum Gasteiger partial charge on any atom is -0.497 e. The van der Waals surface area contributed by atoms with E-state index in [2.05, 4.69) is 5.32 Å². The maximum absolute atomic E-state index is 12.2. The van der Waals surface area contributed by atoms with Crippen LogP contribution in [0.3, 0.4) is 0 Å². The second-order valence-electron chi connectivity index (χ2n) is 6.26. The zero-order chi connectivity index (χ0) is 21.9. The number of benzene rings is 2. The Morgan fingerprint density at radius 3 is 2.27 bits per heavy atom. The molecule has 2 rings (SSSR count). The number of methoxy groups -OCH3 is 2. The van der Waals surface area contributed by atoms with Crippen LogP contribution in [0.5, 0.6) is 11.5 Å². The van der Waals surface area contributed by atoms with Gasteiger partial charge in [0, 0.05) is 11.8 Å². The van der Waals surface area contributed by atoms with Gasteiger partial charge in [0.25, 0.3) is 5.91 Å². The van der Waals surface area contributed by atoms with Gasteiger partial charge in [0.2, 0.25) is 0 Å². The minimum absolute atomic E-state index is 0.178. The molecule has 0 spiro atoms. The zero-order valence-electron chi connectivity index (χ0n) is 17.2. The number of hydrogen-bond acceptors (Lipinski definition) is 7. The van der Waals surface area contributed by atoms with Crippen LogP contribution in [0.15, 0.2) is 42.5 Å². The van der Waals surface area contributed by atoms with Gasteiger partial charge in [-0.15, -0.1) is 0 Å². The number of unbranched alkanes of at least 4 members (excludes halogenated alkanes) is 1. The van der Waals surface area contributed by atoms with E-state index in [9.17, 15) is 14.4 Å². The summed E-state index contributed by atoms with van der Waals surface area (Å²) in [5.41, 5.74) is 1.03. The summed E-state index contributed by atoms with van der Waals surface area (Å²) in [4.78, 5) is 36.2. The number of carbonyl (C=O) groups excluding carboxylic acids is 3. The van der Waals surface area contributed by atoms with Crippen molar-refractivity contribution in [3.8, 4) is 11.5 Å². The number of hydrogen-bond donors (Lipinski definition) is 1. The summed E-state index contributed by atoms with van der Waals surface area (Å²) in [7, 11) is 2.92. The van der Waals surface area contributed by atoms with E-state index in [1.54, 1.807) is 36.4 Å². The first-order valence-electron chi connectivity index (χ1n) is 9.44. The molecule has 0 saturated heterocycles. The highest BCUT2D eigenvalue weighted by Crippen LogP contribution is 2.25. The molecular weight excluding hydrogens is 390 g/mol. The van der Waals surface area contributed by atoms with Crippen LogP contribution in [0.2, 0.25) is 0 Å². The summed E-state index contributed by atoms with van der Waals surface area (Å²) in [6.07, 6.45) is 1.75. The van der Waals surface area contributed by atoms with Crippen LogP contribution in [-0.4, -0.2) is 45.3 Å². The molecule has 0 fully saturated rings. The zero-order valence-corrected chi connectivity index (χ0v) is 17.2. The van der Waals surface area contributed by atoms with Crippen molar-refractivity contribution in [1.82, 2.24) is 0 Å². The fraction of sp³-hybridized carbons (Fsp3) is 0.318. The van der Waals surface area contributed by atoms with Crippen LogP contribution < -0.4 is 14.8 Å². The first-order valence-corrected chi connectivity index (χ1v) is 9.44. The van der Waals surface area contributed by atoms with Crippen molar-refractivity contribution < 1.29 is 33.3 Å². The van der Waals surface area contributed by atoms with E-state index < -0.39 is 24.5 Å². The molecule has 2 aromatic carbocycles. The largest absolute Gasteiger partial charge is 0.497 e. The van der Waals surface area contributed by atoms with E-state index in [-0.39, 0.29) is 11.3 Å². The van der Waals surface area contributed by atoms with Crippen LogP contribution in [0.25, 0.3) is 0 Å². The Morgan fingerprint density at radius 1 is 0.900 bits per heavy atom. The Kier molecular flexibility index (Phi) is 8.68. The van der Waals surface area contributed by atoms with Crippen molar-refractivity contribution in [2.24, 2.45) is 0 Å². The van der Waals surface area contributed by atoms with E-state index in [1.165, 1.54) is 20.3 Å². The monoisotopic (exact) mass is 415 g/mol. The summed E-state index contributed by atoms with van der Waals surface area (Å²) in [5, 5.41) is 2.59. The third-order valence-corrected chi connectivity index (χ3v) is 4.10. The SMILES string of the molecule is CCCCOC(=O)c1ccc(NC(=O)COC(=O)c2ccc(OC)cc2OC)cc1. The molecule has 0 saturated carbocycles. The van der Waals surface area contributed by atoms with Gasteiger partial charge in [0.15, 0.2) is 6.61 Å². The smallest absolute Gasteiger partial charge is 0.342 e. The van der Waals surface area contributed by atoms with E-state index >= 15 is 0 Å². The lowest BCUT2D eigenvalue weighted by atomic mass is 10.2. The molecular formula is C22H25NO7. The molecule has 8 nitrogen and oxygen atoms in total. The second-order valence-corrected chi connectivity index (χ2v) is 6.26. The number of carbonyl (C=O) groups is 3. The van der Waals surface area contributed by atoms with Gasteiger partial charge >= 0.3 is 11.9 Å². The number of amides is 1. The standard InChI is InChI=1S/C22H25NO7/c1-4-5-12-29-21(25)15-6-8-16(9-7-15)23-20(24)14-30-22(26)18-11-10-17(27-2)13-19(18)28-3/h6-11,13H,4-5,12,14H2,1-3H3,(H,23,24). The number of ether oxygens (including phenoxy) is 4. The Hall–Kier alpha value is -3.55. The highest BCUT2D eigenvalue weighted by Gasteiger charge is 2.16. The Labute approximate surface area is 175 Å². The Balaban J connectivity index is 1.87. The number of esters is 2. The fourth-order valence-electron chi connectivity index (χ4n) is 2.46. The summed E-state index contributed by atoms with van der Waals surface area (Å²) in [6.45, 7) is 1.91. The summed E-state index contributed by atoms with van der Waals surface area (Å²) in [5.74, 6) is -0.826. The molecule has 2 aromatic rings. The molecule has 0 aromatic heterocycles. The van der Waals surface area contributed by atoms with Gasteiger partial charge in [-0.3, -0.25) is 4.79 Å². The summed E-state index contributed by atoms with van der Waals surface area (Å²) < 4.78 is 20.4. The highest BCUT2D eigenvalue weighted by atomic mass is 16.5. The quantitative estimate of drug-likeness (QED) is 0.468. The van der Waals surface area contributed by atoms with E-state index in [0.29, 0.717) is 23.6 Å². The van der Waals surface area contributed by atoms with Crippen LogP contribution >= 0.6 is 0 Å². The number of anilines is 1. The van der Waals surface area contributed by atoms with Gasteiger partial charge in [0.1, 0.15) is 17.1 Å². The maximum atomic E-state index is 12.2. The summed E-state index contributed by atoms with van der Waals surface area (Å²) in [6, 6.07) is 10.9. The van der Waals surface area contributed by atoms with E-state index in [4.69, 9.17) is 18.9 Å². The Bertz CT molecular complexity index is 878. The average molecular weight is 415 g/mol. The van der Waals surface area contributed by atoms with Gasteiger partial charge in [-0.25, -0.2) is 9.59 Å². The normalized spacial score (nSPS) is 10.1. The first-order chi connectivity index (χ1) is 14.5. The Morgan fingerprint density at radius 2 is 1.63 bits per heavy atom. The topological polar surface area (TPSA) is 100 Å². The van der Waals surface area contributed by atoms with E-state index in [1.807, 2.05) is 6.92 Å². The van der Waals surface area contributed by atoms with Crippen LogP contribution in [-0.2, 0) is 14.3 Å². The van der Waals surface area contributed by atoms with Crippen molar-refractivity contribution in [2.45, 2.75) is 19.8 Å². The van der Waals surface area contributed by atoms with Gasteiger partial charge < -0.3 is 24.3 Å². The molecule has 0 unspecified atom stereocenters. The fourth-order valence-corrected chi connectivity index (χ4v) is 2.46. The maximum Gasteiger partial charge on any atom is 0.342 e. The van der Waals surface area contributed by atoms with Crippen LogP contribution in [0, 0.1) is 0 Å². The third kappa shape index (κ3) is 6.51. The second kappa shape index (κ2) is 11.5. The van der Waals surface area contributed by atoms with Crippen molar-refractivity contribution in [1.29, 1.82) is 0 Å². The predicted octanol–water partition coefficient (Wildman–Crippen LogP) is 3.46. The number of rotatable bonds is 10. The van der Waals surface area contributed by atoms with Crippen molar-refractivity contribution in [2.75, 3.05) is 32.8 Å².